The first-order valence-corrected chi connectivity index (χ1v) is 6.32. The van der Waals surface area contributed by atoms with Crippen molar-refractivity contribution >= 4 is 22.5 Å². The predicted octanol–water partition coefficient (Wildman–Crippen LogP) is 4.32. The number of thioether (sulfide) groups is 1. The molecule has 0 N–H and O–H groups in total. The number of benzene rings is 2. The fourth-order valence-corrected chi connectivity index (χ4v) is 3.46. The molecule has 0 aliphatic carbocycles. The van der Waals surface area contributed by atoms with Gasteiger partial charge in [-0.3, -0.25) is 0 Å². The highest BCUT2D eigenvalue weighted by molar-refractivity contribution is 7.99. The lowest BCUT2D eigenvalue weighted by atomic mass is 9.92. The van der Waals surface area contributed by atoms with Gasteiger partial charge in [-0.1, -0.05) is 36.4 Å². The molecule has 0 radical (unpaired) electrons. The molecule has 1 aliphatic rings. The van der Waals surface area contributed by atoms with Gasteiger partial charge in [0.15, 0.2) is 0 Å². The van der Waals surface area contributed by atoms with E-state index in [1.807, 2.05) is 11.8 Å². The predicted molar refractivity (Wildman–Crippen MR) is 68.3 cm³/mol. The molecule has 76 valence electrons. The zero-order valence-electron chi connectivity index (χ0n) is 9.08. The van der Waals surface area contributed by atoms with E-state index in [-0.39, 0.29) is 4.75 Å². The molecule has 0 saturated heterocycles. The summed E-state index contributed by atoms with van der Waals surface area (Å²) < 4.78 is 0.258. The first-order valence-electron chi connectivity index (χ1n) is 5.33. The third-order valence-corrected chi connectivity index (χ3v) is 4.63. The van der Waals surface area contributed by atoms with Gasteiger partial charge in [-0.2, -0.15) is 0 Å². The minimum atomic E-state index is 0.258. The lowest BCUT2D eigenvalue weighted by molar-refractivity contribution is 0.784. The normalized spacial score (nSPS) is 18.0. The van der Waals surface area contributed by atoms with E-state index in [2.05, 4.69) is 50.2 Å². The van der Waals surface area contributed by atoms with E-state index >= 15 is 0 Å². The summed E-state index contributed by atoms with van der Waals surface area (Å²) in [6.07, 6.45) is 0. The van der Waals surface area contributed by atoms with Crippen LogP contribution in [0, 0.1) is 0 Å². The van der Waals surface area contributed by atoms with Gasteiger partial charge >= 0.3 is 0 Å². The molecule has 0 fully saturated rings. The molecule has 3 rings (SSSR count). The van der Waals surface area contributed by atoms with Gasteiger partial charge in [0, 0.05) is 10.5 Å². The van der Waals surface area contributed by atoms with E-state index in [1.165, 1.54) is 21.9 Å². The molecule has 0 atom stereocenters. The molecule has 1 heteroatoms. The molecular formula is C14H14S. The summed E-state index contributed by atoms with van der Waals surface area (Å²) in [6.45, 7) is 4.64. The van der Waals surface area contributed by atoms with Crippen LogP contribution in [0.1, 0.15) is 25.0 Å². The average Bonchev–Trinajstić information content (AvgIpc) is 2.24. The Morgan fingerprint density at radius 1 is 1.07 bits per heavy atom. The number of hydrogen-bond donors (Lipinski definition) is 0. The average molecular weight is 214 g/mol. The van der Waals surface area contributed by atoms with Gasteiger partial charge in [0.1, 0.15) is 0 Å². The largest absolute Gasteiger partial charge is 0.146 e. The fraction of sp³-hybridized carbons (Fsp3) is 0.286. The maximum absolute atomic E-state index is 2.32. The highest BCUT2D eigenvalue weighted by Crippen LogP contribution is 2.46. The summed E-state index contributed by atoms with van der Waals surface area (Å²) in [6, 6.07) is 13.3. The van der Waals surface area contributed by atoms with Gasteiger partial charge in [-0.15, -0.1) is 11.8 Å². The zero-order valence-corrected chi connectivity index (χ0v) is 9.90. The van der Waals surface area contributed by atoms with Crippen LogP contribution < -0.4 is 0 Å². The molecule has 0 aromatic heterocycles. The molecular weight excluding hydrogens is 200 g/mol. The monoisotopic (exact) mass is 214 g/mol. The van der Waals surface area contributed by atoms with Crippen LogP contribution in [0.3, 0.4) is 0 Å². The molecule has 1 aliphatic heterocycles. The first kappa shape index (κ1) is 9.29. The molecule has 1 heterocycles. The molecule has 2 aromatic rings. The van der Waals surface area contributed by atoms with E-state index in [1.54, 1.807) is 0 Å². The Labute approximate surface area is 94.7 Å². The van der Waals surface area contributed by atoms with Crippen molar-refractivity contribution in [2.75, 3.05) is 0 Å². The quantitative estimate of drug-likeness (QED) is 0.629. The lowest BCUT2D eigenvalue weighted by Crippen LogP contribution is -2.17. The Hall–Kier alpha value is -0.950. The van der Waals surface area contributed by atoms with Crippen molar-refractivity contribution in [3.8, 4) is 0 Å². The summed E-state index contributed by atoms with van der Waals surface area (Å²) in [5.41, 5.74) is 2.99. The summed E-state index contributed by atoms with van der Waals surface area (Å²) >= 11 is 2.04. The first-order chi connectivity index (χ1) is 7.18. The van der Waals surface area contributed by atoms with E-state index in [0.717, 1.165) is 5.75 Å². The molecule has 0 amide bonds. The molecule has 0 saturated carbocycles. The number of hydrogen-bond acceptors (Lipinski definition) is 1. The van der Waals surface area contributed by atoms with Crippen LogP contribution in [0.5, 0.6) is 0 Å². The molecule has 2 aromatic carbocycles. The Morgan fingerprint density at radius 3 is 2.60 bits per heavy atom. The van der Waals surface area contributed by atoms with Crippen LogP contribution in [-0.4, -0.2) is 0 Å². The van der Waals surface area contributed by atoms with Crippen molar-refractivity contribution < 1.29 is 0 Å². The third kappa shape index (κ3) is 1.30. The standard InChI is InChI=1S/C14H14S/c1-14(2)12-8-4-6-10-5-3-7-11(9-15-14)13(10)12/h3-8H,9H2,1-2H3. The molecule has 0 bridgehead atoms. The number of rotatable bonds is 0. The van der Waals surface area contributed by atoms with Crippen LogP contribution in [0.25, 0.3) is 10.8 Å². The third-order valence-electron chi connectivity index (χ3n) is 3.23. The highest BCUT2D eigenvalue weighted by atomic mass is 32.2. The molecule has 0 unspecified atom stereocenters. The SMILES string of the molecule is CC1(C)SCc2cccc3cccc1c23. The van der Waals surface area contributed by atoms with Crippen molar-refractivity contribution in [2.24, 2.45) is 0 Å². The van der Waals surface area contributed by atoms with Crippen molar-refractivity contribution in [1.82, 2.24) is 0 Å². The lowest BCUT2D eigenvalue weighted by Gasteiger charge is -2.31. The highest BCUT2D eigenvalue weighted by Gasteiger charge is 2.28. The van der Waals surface area contributed by atoms with E-state index in [0.29, 0.717) is 0 Å². The summed E-state index contributed by atoms with van der Waals surface area (Å²) in [5, 5.41) is 2.88. The topological polar surface area (TPSA) is 0 Å². The second-order valence-corrected chi connectivity index (χ2v) is 6.22. The van der Waals surface area contributed by atoms with Gasteiger partial charge in [0.25, 0.3) is 0 Å². The van der Waals surface area contributed by atoms with E-state index < -0.39 is 0 Å². The molecule has 0 nitrogen and oxygen atoms in total. The van der Waals surface area contributed by atoms with Crippen molar-refractivity contribution in [3.63, 3.8) is 0 Å². The van der Waals surface area contributed by atoms with Gasteiger partial charge in [0.2, 0.25) is 0 Å². The van der Waals surface area contributed by atoms with Crippen LogP contribution in [0.4, 0.5) is 0 Å². The second-order valence-electron chi connectivity index (χ2n) is 4.62. The Morgan fingerprint density at radius 2 is 1.80 bits per heavy atom. The summed E-state index contributed by atoms with van der Waals surface area (Å²) in [5.74, 6) is 1.14. The van der Waals surface area contributed by atoms with Crippen LogP contribution in [0.2, 0.25) is 0 Å². The van der Waals surface area contributed by atoms with Gasteiger partial charge in [-0.05, 0) is 35.7 Å². The van der Waals surface area contributed by atoms with Crippen molar-refractivity contribution in [2.45, 2.75) is 24.3 Å². The van der Waals surface area contributed by atoms with E-state index in [9.17, 15) is 0 Å². The second kappa shape index (κ2) is 3.02. The van der Waals surface area contributed by atoms with Gasteiger partial charge < -0.3 is 0 Å². The van der Waals surface area contributed by atoms with Crippen LogP contribution in [-0.2, 0) is 10.5 Å². The fourth-order valence-electron chi connectivity index (χ4n) is 2.38. The van der Waals surface area contributed by atoms with Crippen LogP contribution >= 0.6 is 11.8 Å². The maximum Gasteiger partial charge on any atom is 0.0361 e. The minimum absolute atomic E-state index is 0.258. The van der Waals surface area contributed by atoms with Crippen LogP contribution in [0.15, 0.2) is 36.4 Å². The zero-order chi connectivity index (χ0) is 10.5. The Balaban J connectivity index is 2.47. The summed E-state index contributed by atoms with van der Waals surface area (Å²) in [7, 11) is 0. The Kier molecular flexibility index (Phi) is 1.87. The van der Waals surface area contributed by atoms with E-state index in [4.69, 9.17) is 0 Å². The molecule has 0 spiro atoms. The van der Waals surface area contributed by atoms with Crippen molar-refractivity contribution in [1.29, 1.82) is 0 Å². The molecule has 15 heavy (non-hydrogen) atoms. The summed E-state index contributed by atoms with van der Waals surface area (Å²) in [4.78, 5) is 0. The van der Waals surface area contributed by atoms with Gasteiger partial charge in [0.05, 0.1) is 0 Å². The van der Waals surface area contributed by atoms with Gasteiger partial charge in [-0.25, -0.2) is 0 Å². The Bertz CT molecular complexity index is 521. The maximum atomic E-state index is 2.32. The minimum Gasteiger partial charge on any atom is -0.146 e. The smallest absolute Gasteiger partial charge is 0.0361 e. The van der Waals surface area contributed by atoms with Crippen molar-refractivity contribution in [3.05, 3.63) is 47.5 Å².